The first-order valence-corrected chi connectivity index (χ1v) is 4.30. The van der Waals surface area contributed by atoms with Crippen molar-refractivity contribution in [3.05, 3.63) is 0 Å². The summed E-state index contributed by atoms with van der Waals surface area (Å²) in [6.07, 6.45) is 3.99. The van der Waals surface area contributed by atoms with Crippen molar-refractivity contribution in [2.75, 3.05) is 5.88 Å². The molecule has 2 saturated carbocycles. The van der Waals surface area contributed by atoms with E-state index < -0.39 is 0 Å². The predicted molar refractivity (Wildman–Crippen MR) is 38.7 cm³/mol. The Morgan fingerprint density at radius 2 is 2.00 bits per heavy atom. The molecule has 0 aromatic rings. The van der Waals surface area contributed by atoms with Gasteiger partial charge in [0.15, 0.2) is 0 Å². The highest BCUT2D eigenvalue weighted by atomic mass is 79.9. The standard InChI is InChI=1S/C6H8BrCl/c7-6-3-5(6,4-6)1-2-8/h1-4H2. The Kier molecular flexibility index (Phi) is 0.878. The van der Waals surface area contributed by atoms with Crippen LogP contribution in [0.25, 0.3) is 0 Å². The molecule has 0 amide bonds. The minimum atomic E-state index is 0.592. The molecule has 0 unspecified atom stereocenters. The van der Waals surface area contributed by atoms with Crippen molar-refractivity contribution in [2.45, 2.75) is 23.6 Å². The summed E-state index contributed by atoms with van der Waals surface area (Å²) < 4.78 is 0.592. The molecule has 2 fully saturated rings. The molecule has 0 aromatic carbocycles. The van der Waals surface area contributed by atoms with E-state index in [4.69, 9.17) is 11.6 Å². The second-order valence-corrected chi connectivity index (χ2v) is 4.93. The first-order chi connectivity index (χ1) is 3.72. The minimum absolute atomic E-state index is 0.592. The van der Waals surface area contributed by atoms with Gasteiger partial charge in [-0.25, -0.2) is 0 Å². The molecule has 2 aliphatic rings. The van der Waals surface area contributed by atoms with Gasteiger partial charge in [-0.15, -0.1) is 11.6 Å². The summed E-state index contributed by atoms with van der Waals surface area (Å²) in [5, 5.41) is 0. The fraction of sp³-hybridized carbons (Fsp3) is 1.00. The number of halogens is 2. The van der Waals surface area contributed by atoms with Crippen LogP contribution >= 0.6 is 27.5 Å². The molecule has 2 heteroatoms. The van der Waals surface area contributed by atoms with Crippen LogP contribution in [0.1, 0.15) is 19.3 Å². The third-order valence-electron chi connectivity index (χ3n) is 2.51. The van der Waals surface area contributed by atoms with Gasteiger partial charge < -0.3 is 0 Å². The molecular weight excluding hydrogens is 187 g/mol. The molecule has 0 saturated heterocycles. The Hall–Kier alpha value is 0.770. The third-order valence-corrected chi connectivity index (χ3v) is 4.10. The summed E-state index contributed by atoms with van der Waals surface area (Å²) in [7, 11) is 0. The van der Waals surface area contributed by atoms with Crippen molar-refractivity contribution in [3.8, 4) is 0 Å². The topological polar surface area (TPSA) is 0 Å². The molecule has 0 atom stereocenters. The lowest BCUT2D eigenvalue weighted by Crippen LogP contribution is -1.85. The molecule has 0 spiro atoms. The van der Waals surface area contributed by atoms with Crippen LogP contribution in [0, 0.1) is 5.41 Å². The Balaban J connectivity index is 1.94. The number of hydrogen-bond acceptors (Lipinski definition) is 0. The van der Waals surface area contributed by atoms with Crippen molar-refractivity contribution >= 4 is 27.5 Å². The van der Waals surface area contributed by atoms with E-state index in [0.717, 1.165) is 5.88 Å². The largest absolute Gasteiger partial charge is 0.127 e. The van der Waals surface area contributed by atoms with E-state index in [9.17, 15) is 0 Å². The quantitative estimate of drug-likeness (QED) is 0.594. The van der Waals surface area contributed by atoms with Crippen LogP contribution in [0.15, 0.2) is 0 Å². The second kappa shape index (κ2) is 1.27. The van der Waals surface area contributed by atoms with Crippen LogP contribution in [0.3, 0.4) is 0 Å². The van der Waals surface area contributed by atoms with Crippen LogP contribution in [0.5, 0.6) is 0 Å². The Bertz CT molecular complexity index is 126. The normalized spacial score (nSPS) is 57.8. The molecule has 0 radical (unpaired) electrons. The lowest BCUT2D eigenvalue weighted by Gasteiger charge is -1.92. The zero-order chi connectivity index (χ0) is 5.83. The Labute approximate surface area is 62.7 Å². The van der Waals surface area contributed by atoms with Gasteiger partial charge in [-0.3, -0.25) is 0 Å². The molecule has 0 bridgehead atoms. The lowest BCUT2D eigenvalue weighted by atomic mass is 10.2. The molecule has 0 heterocycles. The smallest absolute Gasteiger partial charge is 0.0327 e. The first kappa shape index (κ1) is 5.55. The number of fused-ring (bicyclic) bond motifs is 1. The minimum Gasteiger partial charge on any atom is -0.127 e. The van der Waals surface area contributed by atoms with E-state index >= 15 is 0 Å². The number of rotatable bonds is 2. The maximum atomic E-state index is 5.59. The van der Waals surface area contributed by atoms with Crippen molar-refractivity contribution in [3.63, 3.8) is 0 Å². The van der Waals surface area contributed by atoms with E-state index in [-0.39, 0.29) is 0 Å². The fourth-order valence-corrected chi connectivity index (χ4v) is 3.15. The average Bonchev–Trinajstić information content (AvgIpc) is 2.25. The van der Waals surface area contributed by atoms with Gasteiger partial charge in [0, 0.05) is 10.2 Å². The van der Waals surface area contributed by atoms with Gasteiger partial charge in [0.2, 0.25) is 0 Å². The van der Waals surface area contributed by atoms with Gasteiger partial charge in [0.25, 0.3) is 0 Å². The average molecular weight is 195 g/mol. The van der Waals surface area contributed by atoms with Gasteiger partial charge in [0.05, 0.1) is 0 Å². The Morgan fingerprint density at radius 3 is 2.12 bits per heavy atom. The molecule has 0 nitrogen and oxygen atoms in total. The van der Waals surface area contributed by atoms with Gasteiger partial charge in [-0.2, -0.15) is 0 Å². The summed E-state index contributed by atoms with van der Waals surface area (Å²) in [6.45, 7) is 0. The summed E-state index contributed by atoms with van der Waals surface area (Å²) in [6, 6.07) is 0. The van der Waals surface area contributed by atoms with Gasteiger partial charge in [-0.1, -0.05) is 15.9 Å². The van der Waals surface area contributed by atoms with Gasteiger partial charge >= 0.3 is 0 Å². The molecule has 2 rings (SSSR count). The highest BCUT2D eigenvalue weighted by molar-refractivity contribution is 9.10. The van der Waals surface area contributed by atoms with Crippen molar-refractivity contribution in [2.24, 2.45) is 5.41 Å². The van der Waals surface area contributed by atoms with Crippen LogP contribution < -0.4 is 0 Å². The van der Waals surface area contributed by atoms with Crippen molar-refractivity contribution < 1.29 is 0 Å². The van der Waals surface area contributed by atoms with Crippen LogP contribution in [0.2, 0.25) is 0 Å². The maximum absolute atomic E-state index is 5.59. The van der Waals surface area contributed by atoms with Gasteiger partial charge in [-0.05, 0) is 24.7 Å². The highest BCUT2D eigenvalue weighted by Gasteiger charge is 2.80. The van der Waals surface area contributed by atoms with Gasteiger partial charge in [0.1, 0.15) is 0 Å². The van der Waals surface area contributed by atoms with Crippen LogP contribution in [0.4, 0.5) is 0 Å². The van der Waals surface area contributed by atoms with E-state index in [2.05, 4.69) is 15.9 Å². The van der Waals surface area contributed by atoms with E-state index in [1.54, 1.807) is 0 Å². The predicted octanol–water partition coefficient (Wildman–Crippen LogP) is 2.54. The third kappa shape index (κ3) is 0.476. The number of alkyl halides is 2. The summed E-state index contributed by atoms with van der Waals surface area (Å²) in [5.41, 5.74) is 0.689. The van der Waals surface area contributed by atoms with E-state index in [1.165, 1.54) is 19.3 Å². The number of hydrogen-bond donors (Lipinski definition) is 0. The zero-order valence-electron chi connectivity index (χ0n) is 4.58. The van der Waals surface area contributed by atoms with Crippen molar-refractivity contribution in [1.29, 1.82) is 0 Å². The first-order valence-electron chi connectivity index (χ1n) is 2.97. The molecule has 8 heavy (non-hydrogen) atoms. The molecular formula is C6H8BrCl. The molecule has 46 valence electrons. The van der Waals surface area contributed by atoms with Crippen LogP contribution in [-0.4, -0.2) is 10.2 Å². The lowest BCUT2D eigenvalue weighted by molar-refractivity contribution is 0.628. The maximum Gasteiger partial charge on any atom is 0.0327 e. The van der Waals surface area contributed by atoms with Crippen molar-refractivity contribution in [1.82, 2.24) is 0 Å². The SMILES string of the molecule is ClCCC12CC1(Br)C2. The summed E-state index contributed by atoms with van der Waals surface area (Å²) in [5.74, 6) is 0.841. The fourth-order valence-electron chi connectivity index (χ4n) is 1.51. The van der Waals surface area contributed by atoms with E-state index in [1.807, 2.05) is 0 Å². The monoisotopic (exact) mass is 194 g/mol. The molecule has 0 aliphatic heterocycles. The second-order valence-electron chi connectivity index (χ2n) is 3.04. The van der Waals surface area contributed by atoms with E-state index in [0.29, 0.717) is 9.74 Å². The molecule has 2 aliphatic carbocycles. The Morgan fingerprint density at radius 1 is 1.50 bits per heavy atom. The van der Waals surface area contributed by atoms with Crippen LogP contribution in [-0.2, 0) is 0 Å². The summed E-state index contributed by atoms with van der Waals surface area (Å²) in [4.78, 5) is 0. The molecule has 0 aromatic heterocycles. The zero-order valence-corrected chi connectivity index (χ0v) is 6.93. The highest BCUT2D eigenvalue weighted by Crippen LogP contribution is 2.85. The summed E-state index contributed by atoms with van der Waals surface area (Å²) >= 11 is 9.25. The molecule has 0 N–H and O–H groups in total.